The van der Waals surface area contributed by atoms with Gasteiger partial charge >= 0.3 is 0 Å². The molecule has 1 aromatic rings. The first-order chi connectivity index (χ1) is 6.65. The highest BCUT2D eigenvalue weighted by atomic mass is 16.3. The van der Waals surface area contributed by atoms with E-state index in [-0.39, 0.29) is 0 Å². The Labute approximate surface area is 85.8 Å². The van der Waals surface area contributed by atoms with Gasteiger partial charge in [0, 0.05) is 0 Å². The van der Waals surface area contributed by atoms with Crippen LogP contribution in [-0.2, 0) is 6.42 Å². The molecule has 0 unspecified atom stereocenters. The summed E-state index contributed by atoms with van der Waals surface area (Å²) in [5, 5.41) is 9.60. The maximum Gasteiger partial charge on any atom is 0.118 e. The lowest BCUT2D eigenvalue weighted by Gasteiger charge is -2.09. The Morgan fingerprint density at radius 3 is 2.64 bits per heavy atom. The van der Waals surface area contributed by atoms with Gasteiger partial charge in [-0.15, -0.1) is 0 Å². The van der Waals surface area contributed by atoms with E-state index >= 15 is 0 Å². The van der Waals surface area contributed by atoms with E-state index in [2.05, 4.69) is 19.9 Å². The molecule has 0 spiro atoms. The maximum absolute atomic E-state index is 9.60. The number of aromatic hydroxyl groups is 1. The Hall–Kier alpha value is -1.02. The summed E-state index contributed by atoms with van der Waals surface area (Å²) in [5.41, 5.74) is 7.73. The second-order valence-corrected chi connectivity index (χ2v) is 3.94. The normalized spacial score (nSPS) is 10.9. The van der Waals surface area contributed by atoms with Crippen LogP contribution >= 0.6 is 0 Å². The second kappa shape index (κ2) is 5.01. The van der Waals surface area contributed by atoms with E-state index in [4.69, 9.17) is 5.73 Å². The van der Waals surface area contributed by atoms with Crippen molar-refractivity contribution >= 4 is 0 Å². The van der Waals surface area contributed by atoms with Crippen molar-refractivity contribution < 1.29 is 5.11 Å². The molecule has 14 heavy (non-hydrogen) atoms. The minimum absolute atomic E-state index is 0.392. The van der Waals surface area contributed by atoms with Crippen LogP contribution in [0.3, 0.4) is 0 Å². The molecular formula is C12H19NO. The molecule has 1 aromatic carbocycles. The molecule has 78 valence electrons. The highest BCUT2D eigenvalue weighted by Gasteiger charge is 2.04. The molecule has 0 atom stereocenters. The standard InChI is InChI=1S/C12H19NO/c1-9(2)10-5-6-12(14)11(8-10)4-3-7-13/h5-6,8-9,14H,3-4,7,13H2,1-2H3. The van der Waals surface area contributed by atoms with Gasteiger partial charge in [-0.05, 0) is 42.5 Å². The van der Waals surface area contributed by atoms with Crippen LogP contribution in [0.15, 0.2) is 18.2 Å². The molecule has 0 aromatic heterocycles. The average molecular weight is 193 g/mol. The SMILES string of the molecule is CC(C)c1ccc(O)c(CCCN)c1. The van der Waals surface area contributed by atoms with Gasteiger partial charge < -0.3 is 10.8 Å². The Balaban J connectivity index is 2.85. The molecule has 0 bridgehead atoms. The van der Waals surface area contributed by atoms with Crippen LogP contribution in [0.25, 0.3) is 0 Å². The summed E-state index contributed by atoms with van der Waals surface area (Å²) in [6, 6.07) is 5.84. The van der Waals surface area contributed by atoms with Crippen LogP contribution in [-0.4, -0.2) is 11.7 Å². The van der Waals surface area contributed by atoms with Crippen molar-refractivity contribution in [2.75, 3.05) is 6.54 Å². The van der Waals surface area contributed by atoms with Crippen LogP contribution in [0.2, 0.25) is 0 Å². The molecule has 0 saturated heterocycles. The van der Waals surface area contributed by atoms with Crippen molar-refractivity contribution in [3.8, 4) is 5.75 Å². The summed E-state index contributed by atoms with van der Waals surface area (Å²) >= 11 is 0. The minimum atomic E-state index is 0.392. The predicted molar refractivity (Wildman–Crippen MR) is 59.6 cm³/mol. The van der Waals surface area contributed by atoms with E-state index in [0.717, 1.165) is 18.4 Å². The Kier molecular flexibility index (Phi) is 3.96. The predicted octanol–water partition coefficient (Wildman–Crippen LogP) is 2.41. The average Bonchev–Trinajstić information content (AvgIpc) is 2.16. The molecule has 0 radical (unpaired) electrons. The molecule has 0 fully saturated rings. The number of nitrogens with two attached hydrogens (primary N) is 1. The van der Waals surface area contributed by atoms with Crippen molar-refractivity contribution in [1.82, 2.24) is 0 Å². The third kappa shape index (κ3) is 2.74. The van der Waals surface area contributed by atoms with Crippen molar-refractivity contribution in [2.45, 2.75) is 32.6 Å². The van der Waals surface area contributed by atoms with Crippen LogP contribution in [0.1, 0.15) is 37.3 Å². The molecule has 1 rings (SSSR count). The summed E-state index contributed by atoms with van der Waals surface area (Å²) in [6.45, 7) is 4.98. The van der Waals surface area contributed by atoms with Crippen LogP contribution in [0, 0.1) is 0 Å². The first-order valence-corrected chi connectivity index (χ1v) is 5.17. The van der Waals surface area contributed by atoms with Gasteiger partial charge in [-0.1, -0.05) is 26.0 Å². The fraction of sp³-hybridized carbons (Fsp3) is 0.500. The third-order valence-corrected chi connectivity index (χ3v) is 2.42. The lowest BCUT2D eigenvalue weighted by atomic mass is 9.98. The summed E-state index contributed by atoms with van der Waals surface area (Å²) in [4.78, 5) is 0. The maximum atomic E-state index is 9.60. The largest absolute Gasteiger partial charge is 0.508 e. The van der Waals surface area contributed by atoms with Gasteiger partial charge in [0.2, 0.25) is 0 Å². The fourth-order valence-corrected chi connectivity index (χ4v) is 1.46. The number of phenolic OH excluding ortho intramolecular Hbond substituents is 1. The van der Waals surface area contributed by atoms with Gasteiger partial charge in [-0.3, -0.25) is 0 Å². The van der Waals surface area contributed by atoms with Gasteiger partial charge in [0.25, 0.3) is 0 Å². The van der Waals surface area contributed by atoms with Crippen molar-refractivity contribution in [3.05, 3.63) is 29.3 Å². The highest BCUT2D eigenvalue weighted by Crippen LogP contribution is 2.23. The van der Waals surface area contributed by atoms with E-state index < -0.39 is 0 Å². The van der Waals surface area contributed by atoms with Crippen molar-refractivity contribution in [1.29, 1.82) is 0 Å². The molecule has 2 heteroatoms. The monoisotopic (exact) mass is 193 g/mol. The summed E-state index contributed by atoms with van der Waals surface area (Å²) in [7, 11) is 0. The molecule has 0 aliphatic carbocycles. The Bertz CT molecular complexity index is 294. The number of hydrogen-bond acceptors (Lipinski definition) is 2. The highest BCUT2D eigenvalue weighted by molar-refractivity contribution is 5.37. The van der Waals surface area contributed by atoms with E-state index in [1.165, 1.54) is 5.56 Å². The summed E-state index contributed by atoms with van der Waals surface area (Å²) in [5.74, 6) is 0.898. The van der Waals surface area contributed by atoms with Gasteiger partial charge in [-0.25, -0.2) is 0 Å². The van der Waals surface area contributed by atoms with Crippen LogP contribution in [0.4, 0.5) is 0 Å². The third-order valence-electron chi connectivity index (χ3n) is 2.42. The van der Waals surface area contributed by atoms with Crippen LogP contribution in [0.5, 0.6) is 5.75 Å². The second-order valence-electron chi connectivity index (χ2n) is 3.94. The van der Waals surface area contributed by atoms with Crippen molar-refractivity contribution in [2.24, 2.45) is 5.73 Å². The number of hydrogen-bond donors (Lipinski definition) is 2. The summed E-state index contributed by atoms with van der Waals surface area (Å²) in [6.07, 6.45) is 1.79. The molecule has 0 saturated carbocycles. The van der Waals surface area contributed by atoms with E-state index in [1.54, 1.807) is 6.07 Å². The molecule has 0 aliphatic heterocycles. The number of benzene rings is 1. The molecule has 0 heterocycles. The quantitative estimate of drug-likeness (QED) is 0.771. The van der Waals surface area contributed by atoms with Gasteiger partial charge in [0.15, 0.2) is 0 Å². The molecule has 0 aliphatic rings. The fourth-order valence-electron chi connectivity index (χ4n) is 1.46. The van der Waals surface area contributed by atoms with Crippen molar-refractivity contribution in [3.63, 3.8) is 0 Å². The van der Waals surface area contributed by atoms with Gasteiger partial charge in [-0.2, -0.15) is 0 Å². The number of aryl methyl sites for hydroxylation is 1. The van der Waals surface area contributed by atoms with E-state index in [1.807, 2.05) is 6.07 Å². The Morgan fingerprint density at radius 1 is 1.36 bits per heavy atom. The number of rotatable bonds is 4. The van der Waals surface area contributed by atoms with Gasteiger partial charge in [0.1, 0.15) is 5.75 Å². The first kappa shape index (κ1) is 11.1. The smallest absolute Gasteiger partial charge is 0.118 e. The zero-order chi connectivity index (χ0) is 10.6. The minimum Gasteiger partial charge on any atom is -0.508 e. The lowest BCUT2D eigenvalue weighted by Crippen LogP contribution is -2.01. The topological polar surface area (TPSA) is 46.2 Å². The first-order valence-electron chi connectivity index (χ1n) is 5.17. The van der Waals surface area contributed by atoms with Gasteiger partial charge in [0.05, 0.1) is 0 Å². The Morgan fingerprint density at radius 2 is 2.07 bits per heavy atom. The molecule has 0 amide bonds. The summed E-state index contributed by atoms with van der Waals surface area (Å²) < 4.78 is 0. The lowest BCUT2D eigenvalue weighted by molar-refractivity contribution is 0.467. The van der Waals surface area contributed by atoms with E-state index in [0.29, 0.717) is 18.2 Å². The molecule has 3 N–H and O–H groups in total. The number of phenols is 1. The zero-order valence-corrected chi connectivity index (χ0v) is 8.96. The van der Waals surface area contributed by atoms with E-state index in [9.17, 15) is 5.11 Å². The molecular weight excluding hydrogens is 174 g/mol. The zero-order valence-electron chi connectivity index (χ0n) is 8.96. The van der Waals surface area contributed by atoms with Crippen LogP contribution < -0.4 is 5.73 Å². The molecule has 2 nitrogen and oxygen atoms in total.